The molecule has 1 aromatic carbocycles. The lowest BCUT2D eigenvalue weighted by Gasteiger charge is -2.10. The maximum atomic E-state index is 12.7. The fourth-order valence-corrected chi connectivity index (χ4v) is 2.44. The summed E-state index contributed by atoms with van der Waals surface area (Å²) in [5.41, 5.74) is 1.07. The number of benzene rings is 1. The topological polar surface area (TPSA) is 74.0 Å². The van der Waals surface area contributed by atoms with Crippen molar-refractivity contribution in [1.82, 2.24) is 24.9 Å². The van der Waals surface area contributed by atoms with E-state index in [1.807, 2.05) is 20.0 Å². The van der Waals surface area contributed by atoms with E-state index in [1.54, 1.807) is 4.68 Å². The largest absolute Gasteiger partial charge is 0.471 e. The number of carbonyl (C=O) groups is 1. The third-order valence-electron chi connectivity index (χ3n) is 3.99. The number of aromatic nitrogens is 4. The van der Waals surface area contributed by atoms with Crippen molar-refractivity contribution in [1.29, 1.82) is 0 Å². The van der Waals surface area contributed by atoms with Gasteiger partial charge in [-0.15, -0.1) is 0 Å². The number of ether oxygens (including phenoxy) is 1. The Bertz CT molecular complexity index is 958. The third kappa shape index (κ3) is 4.70. The van der Waals surface area contributed by atoms with Gasteiger partial charge in [0.15, 0.2) is 6.73 Å². The summed E-state index contributed by atoms with van der Waals surface area (Å²) >= 11 is 0. The molecule has 0 radical (unpaired) electrons. The van der Waals surface area contributed by atoms with Gasteiger partial charge in [-0.1, -0.05) is 6.07 Å². The Morgan fingerprint density at radius 2 is 2.00 bits per heavy atom. The van der Waals surface area contributed by atoms with Crippen LogP contribution in [-0.4, -0.2) is 25.5 Å². The number of nitrogens with zero attached hydrogens (tertiary/aromatic N) is 4. The van der Waals surface area contributed by atoms with E-state index in [-0.39, 0.29) is 30.6 Å². The van der Waals surface area contributed by atoms with E-state index in [9.17, 15) is 18.0 Å². The predicted molar refractivity (Wildman–Crippen MR) is 93.4 cm³/mol. The van der Waals surface area contributed by atoms with E-state index in [0.29, 0.717) is 0 Å². The van der Waals surface area contributed by atoms with Crippen LogP contribution in [0.2, 0.25) is 0 Å². The number of amides is 1. The van der Waals surface area contributed by atoms with Crippen molar-refractivity contribution in [3.05, 3.63) is 65.2 Å². The van der Waals surface area contributed by atoms with Crippen LogP contribution in [0.25, 0.3) is 0 Å². The number of alkyl halides is 3. The van der Waals surface area contributed by atoms with Gasteiger partial charge in [0.1, 0.15) is 11.4 Å². The van der Waals surface area contributed by atoms with Gasteiger partial charge < -0.3 is 10.1 Å². The molecule has 148 valence electrons. The fourth-order valence-electron chi connectivity index (χ4n) is 2.44. The van der Waals surface area contributed by atoms with E-state index < -0.39 is 11.7 Å². The first kappa shape index (κ1) is 19.5. The highest BCUT2D eigenvalue weighted by molar-refractivity contribution is 5.92. The first-order valence-corrected chi connectivity index (χ1v) is 8.33. The Labute approximate surface area is 158 Å². The standard InChI is InChI=1S/C18H18F3N5O2/c1-12-8-14(23-25(12)2)10-22-17(27)16-6-7-26(24-16)11-28-15-5-3-4-13(9-15)18(19,20)21/h3-9H,10-11H2,1-2H3,(H,22,27). The number of hydrogen-bond donors (Lipinski definition) is 1. The summed E-state index contributed by atoms with van der Waals surface area (Å²) in [6.07, 6.45) is -2.93. The molecule has 0 bridgehead atoms. The molecule has 1 N–H and O–H groups in total. The molecule has 0 aliphatic carbocycles. The Morgan fingerprint density at radius 1 is 1.21 bits per heavy atom. The van der Waals surface area contributed by atoms with Crippen molar-refractivity contribution in [3.8, 4) is 5.75 Å². The van der Waals surface area contributed by atoms with E-state index in [4.69, 9.17) is 4.74 Å². The van der Waals surface area contributed by atoms with Crippen molar-refractivity contribution in [2.75, 3.05) is 0 Å². The summed E-state index contributed by atoms with van der Waals surface area (Å²) < 4.78 is 46.5. The van der Waals surface area contributed by atoms with E-state index in [1.165, 1.54) is 29.1 Å². The maximum Gasteiger partial charge on any atom is 0.416 e. The molecule has 1 amide bonds. The molecule has 3 rings (SSSR count). The van der Waals surface area contributed by atoms with Gasteiger partial charge in [-0.3, -0.25) is 9.48 Å². The minimum atomic E-state index is -4.44. The van der Waals surface area contributed by atoms with Gasteiger partial charge >= 0.3 is 6.18 Å². The van der Waals surface area contributed by atoms with Gasteiger partial charge in [0.25, 0.3) is 5.91 Å². The van der Waals surface area contributed by atoms with Crippen LogP contribution >= 0.6 is 0 Å². The number of carbonyl (C=O) groups excluding carboxylic acids is 1. The zero-order chi connectivity index (χ0) is 20.3. The highest BCUT2D eigenvalue weighted by atomic mass is 19.4. The molecule has 0 aliphatic heterocycles. The lowest BCUT2D eigenvalue weighted by atomic mass is 10.2. The minimum Gasteiger partial charge on any atom is -0.471 e. The predicted octanol–water partition coefficient (Wildman–Crippen LogP) is 2.91. The van der Waals surface area contributed by atoms with Gasteiger partial charge in [0.2, 0.25) is 0 Å². The number of nitrogens with one attached hydrogen (secondary N) is 1. The van der Waals surface area contributed by atoms with Crippen LogP contribution in [0.15, 0.2) is 42.6 Å². The monoisotopic (exact) mass is 393 g/mol. The molecule has 0 fully saturated rings. The van der Waals surface area contributed by atoms with Crippen molar-refractivity contribution in [3.63, 3.8) is 0 Å². The van der Waals surface area contributed by atoms with Gasteiger partial charge in [-0.25, -0.2) is 4.68 Å². The highest BCUT2D eigenvalue weighted by Crippen LogP contribution is 2.31. The first-order valence-electron chi connectivity index (χ1n) is 8.33. The Balaban J connectivity index is 1.56. The molecule has 0 atom stereocenters. The lowest BCUT2D eigenvalue weighted by molar-refractivity contribution is -0.137. The second kappa shape index (κ2) is 7.75. The minimum absolute atomic E-state index is 0.0573. The van der Waals surface area contributed by atoms with Crippen LogP contribution in [0.4, 0.5) is 13.2 Å². The fraction of sp³-hybridized carbons (Fsp3) is 0.278. The van der Waals surface area contributed by atoms with Crippen LogP contribution in [0.5, 0.6) is 5.75 Å². The normalized spacial score (nSPS) is 11.5. The summed E-state index contributed by atoms with van der Waals surface area (Å²) in [6.45, 7) is 2.03. The van der Waals surface area contributed by atoms with E-state index in [0.717, 1.165) is 23.5 Å². The number of aryl methyl sites for hydroxylation is 2. The number of hydrogen-bond acceptors (Lipinski definition) is 4. The van der Waals surface area contributed by atoms with Gasteiger partial charge in [0.05, 0.1) is 17.8 Å². The molecular weight excluding hydrogens is 375 g/mol. The van der Waals surface area contributed by atoms with Crippen molar-refractivity contribution < 1.29 is 22.7 Å². The van der Waals surface area contributed by atoms with Crippen LogP contribution in [-0.2, 0) is 26.5 Å². The zero-order valence-electron chi connectivity index (χ0n) is 15.2. The molecule has 2 heterocycles. The van der Waals surface area contributed by atoms with Crippen LogP contribution in [0, 0.1) is 6.92 Å². The third-order valence-corrected chi connectivity index (χ3v) is 3.99. The molecule has 0 unspecified atom stereocenters. The summed E-state index contributed by atoms with van der Waals surface area (Å²) in [5, 5.41) is 11.0. The molecule has 0 saturated heterocycles. The molecule has 7 nitrogen and oxygen atoms in total. The van der Waals surface area contributed by atoms with Crippen molar-refractivity contribution >= 4 is 5.91 Å². The second-order valence-electron chi connectivity index (χ2n) is 6.12. The van der Waals surface area contributed by atoms with Crippen molar-refractivity contribution in [2.45, 2.75) is 26.4 Å². The van der Waals surface area contributed by atoms with Crippen LogP contribution in [0.1, 0.15) is 27.4 Å². The lowest BCUT2D eigenvalue weighted by Crippen LogP contribution is -2.24. The second-order valence-corrected chi connectivity index (χ2v) is 6.12. The molecule has 2 aromatic heterocycles. The zero-order valence-corrected chi connectivity index (χ0v) is 15.2. The van der Waals surface area contributed by atoms with Crippen LogP contribution < -0.4 is 10.1 Å². The average Bonchev–Trinajstić information content (AvgIpc) is 3.24. The van der Waals surface area contributed by atoms with Gasteiger partial charge in [0, 0.05) is 18.9 Å². The SMILES string of the molecule is Cc1cc(CNC(=O)c2ccn(COc3cccc(C(F)(F)F)c3)n2)nn1C. The number of halogens is 3. The Hall–Kier alpha value is -3.30. The van der Waals surface area contributed by atoms with E-state index >= 15 is 0 Å². The van der Waals surface area contributed by atoms with E-state index in [2.05, 4.69) is 15.5 Å². The Kier molecular flexibility index (Phi) is 5.39. The molecule has 3 aromatic rings. The molecule has 0 spiro atoms. The summed E-state index contributed by atoms with van der Waals surface area (Å²) in [4.78, 5) is 12.2. The summed E-state index contributed by atoms with van der Waals surface area (Å²) in [6, 6.07) is 7.91. The first-order chi connectivity index (χ1) is 13.2. The highest BCUT2D eigenvalue weighted by Gasteiger charge is 2.30. The number of rotatable bonds is 6. The average molecular weight is 393 g/mol. The van der Waals surface area contributed by atoms with Gasteiger partial charge in [-0.05, 0) is 37.3 Å². The molecular formula is C18H18F3N5O2. The quantitative estimate of drug-likeness (QED) is 0.699. The molecule has 0 aliphatic rings. The summed E-state index contributed by atoms with van der Waals surface area (Å²) in [5.74, 6) is -0.331. The summed E-state index contributed by atoms with van der Waals surface area (Å²) in [7, 11) is 1.81. The molecule has 28 heavy (non-hydrogen) atoms. The van der Waals surface area contributed by atoms with Crippen LogP contribution in [0.3, 0.4) is 0 Å². The maximum absolute atomic E-state index is 12.7. The van der Waals surface area contributed by atoms with Crippen molar-refractivity contribution in [2.24, 2.45) is 7.05 Å². The smallest absolute Gasteiger partial charge is 0.416 e. The molecule has 10 heteroatoms. The Morgan fingerprint density at radius 3 is 2.68 bits per heavy atom. The van der Waals surface area contributed by atoms with Gasteiger partial charge in [-0.2, -0.15) is 23.4 Å². The molecule has 0 saturated carbocycles.